The Hall–Kier alpha value is -0.890. The molecule has 1 heterocycles. The zero-order valence-corrected chi connectivity index (χ0v) is 11.1. The molecule has 1 aromatic heterocycles. The Morgan fingerprint density at radius 1 is 1.29 bits per heavy atom. The highest BCUT2D eigenvalue weighted by molar-refractivity contribution is 5.09. The van der Waals surface area contributed by atoms with Gasteiger partial charge >= 0.3 is 0 Å². The lowest BCUT2D eigenvalue weighted by molar-refractivity contribution is 0.280. The molecule has 0 unspecified atom stereocenters. The Bertz CT molecular complexity index is 343. The maximum atomic E-state index is 4.53. The van der Waals surface area contributed by atoms with E-state index in [4.69, 9.17) is 0 Å². The molecule has 0 spiro atoms. The highest BCUT2D eigenvalue weighted by Crippen LogP contribution is 2.26. The molecule has 94 valence electrons. The van der Waals surface area contributed by atoms with Gasteiger partial charge in [-0.3, -0.25) is 4.98 Å². The number of hydrogen-bond donors (Lipinski definition) is 1. The first-order valence-corrected chi connectivity index (χ1v) is 6.91. The van der Waals surface area contributed by atoms with Crippen LogP contribution in [-0.4, -0.2) is 11.0 Å². The Balaban J connectivity index is 1.80. The standard InChI is InChI=1S/C15H24N2/c1-12-7-6-10-15(17-12)11-16-13(2)14-8-4-3-5-9-14/h6-7,10,13-14,16H,3-5,8-9,11H2,1-2H3/t13-/m0/s1. The quantitative estimate of drug-likeness (QED) is 0.860. The lowest BCUT2D eigenvalue weighted by Gasteiger charge is -2.28. The van der Waals surface area contributed by atoms with Crippen LogP contribution in [0.15, 0.2) is 18.2 Å². The molecule has 1 aliphatic rings. The first-order chi connectivity index (χ1) is 8.25. The summed E-state index contributed by atoms with van der Waals surface area (Å²) >= 11 is 0. The molecular formula is C15H24N2. The fraction of sp³-hybridized carbons (Fsp3) is 0.667. The third kappa shape index (κ3) is 3.81. The van der Waals surface area contributed by atoms with Crippen LogP contribution in [0.2, 0.25) is 0 Å². The predicted molar refractivity (Wildman–Crippen MR) is 71.9 cm³/mol. The summed E-state index contributed by atoms with van der Waals surface area (Å²) in [5, 5.41) is 3.63. The van der Waals surface area contributed by atoms with Gasteiger partial charge in [0.25, 0.3) is 0 Å². The average molecular weight is 232 g/mol. The molecule has 1 saturated carbocycles. The number of nitrogens with zero attached hydrogens (tertiary/aromatic N) is 1. The molecule has 2 heteroatoms. The highest BCUT2D eigenvalue weighted by atomic mass is 14.9. The first kappa shape index (κ1) is 12.6. The Kier molecular flexibility index (Phi) is 4.55. The van der Waals surface area contributed by atoms with E-state index in [0.717, 1.165) is 23.9 Å². The Morgan fingerprint density at radius 3 is 2.76 bits per heavy atom. The van der Waals surface area contributed by atoms with Gasteiger partial charge in [0.1, 0.15) is 0 Å². The molecule has 0 saturated heterocycles. The second-order valence-electron chi connectivity index (χ2n) is 5.34. The van der Waals surface area contributed by atoms with Crippen LogP contribution in [-0.2, 0) is 6.54 Å². The minimum absolute atomic E-state index is 0.623. The van der Waals surface area contributed by atoms with Gasteiger partial charge in [-0.25, -0.2) is 0 Å². The van der Waals surface area contributed by atoms with E-state index in [1.54, 1.807) is 0 Å². The fourth-order valence-corrected chi connectivity index (χ4v) is 2.76. The predicted octanol–water partition coefficient (Wildman–Crippen LogP) is 3.45. The zero-order chi connectivity index (χ0) is 12.1. The van der Waals surface area contributed by atoms with Gasteiger partial charge < -0.3 is 5.32 Å². The number of nitrogens with one attached hydrogen (secondary N) is 1. The zero-order valence-electron chi connectivity index (χ0n) is 11.1. The molecule has 17 heavy (non-hydrogen) atoms. The molecule has 1 aromatic rings. The highest BCUT2D eigenvalue weighted by Gasteiger charge is 2.19. The van der Waals surface area contributed by atoms with Crippen LogP contribution >= 0.6 is 0 Å². The molecule has 1 N–H and O–H groups in total. The molecule has 0 bridgehead atoms. The van der Waals surface area contributed by atoms with Gasteiger partial charge in [-0.2, -0.15) is 0 Å². The molecule has 1 aliphatic carbocycles. The summed E-state index contributed by atoms with van der Waals surface area (Å²) < 4.78 is 0. The molecular weight excluding hydrogens is 208 g/mol. The maximum Gasteiger partial charge on any atom is 0.0544 e. The lowest BCUT2D eigenvalue weighted by Crippen LogP contribution is -2.34. The molecule has 2 nitrogen and oxygen atoms in total. The summed E-state index contributed by atoms with van der Waals surface area (Å²) in [5.41, 5.74) is 2.27. The van der Waals surface area contributed by atoms with E-state index in [1.165, 1.54) is 32.1 Å². The molecule has 0 amide bonds. The summed E-state index contributed by atoms with van der Waals surface area (Å²) in [6, 6.07) is 6.87. The van der Waals surface area contributed by atoms with Gasteiger partial charge in [-0.15, -0.1) is 0 Å². The van der Waals surface area contributed by atoms with Crippen molar-refractivity contribution < 1.29 is 0 Å². The van der Waals surface area contributed by atoms with Gasteiger partial charge in [-0.1, -0.05) is 25.3 Å². The van der Waals surface area contributed by atoms with Crippen molar-refractivity contribution in [2.75, 3.05) is 0 Å². The molecule has 2 rings (SSSR count). The van der Waals surface area contributed by atoms with Crippen LogP contribution in [0.5, 0.6) is 0 Å². The van der Waals surface area contributed by atoms with Gasteiger partial charge in [-0.05, 0) is 44.7 Å². The summed E-state index contributed by atoms with van der Waals surface area (Å²) in [6.45, 7) is 5.28. The first-order valence-electron chi connectivity index (χ1n) is 6.91. The van der Waals surface area contributed by atoms with E-state index in [-0.39, 0.29) is 0 Å². The third-order valence-corrected chi connectivity index (χ3v) is 3.91. The second kappa shape index (κ2) is 6.15. The Morgan fingerprint density at radius 2 is 2.06 bits per heavy atom. The van der Waals surface area contributed by atoms with E-state index in [0.29, 0.717) is 6.04 Å². The molecule has 1 atom stereocenters. The normalized spacial score (nSPS) is 19.2. The van der Waals surface area contributed by atoms with Crippen molar-refractivity contribution >= 4 is 0 Å². The maximum absolute atomic E-state index is 4.53. The van der Waals surface area contributed by atoms with Gasteiger partial charge in [0.15, 0.2) is 0 Å². The van der Waals surface area contributed by atoms with Gasteiger partial charge in [0.05, 0.1) is 5.69 Å². The minimum Gasteiger partial charge on any atom is -0.308 e. The van der Waals surface area contributed by atoms with E-state index >= 15 is 0 Å². The van der Waals surface area contributed by atoms with E-state index in [2.05, 4.69) is 29.4 Å². The number of aromatic nitrogens is 1. The van der Waals surface area contributed by atoms with Crippen LogP contribution in [0.25, 0.3) is 0 Å². The van der Waals surface area contributed by atoms with Crippen molar-refractivity contribution in [1.82, 2.24) is 10.3 Å². The second-order valence-corrected chi connectivity index (χ2v) is 5.34. The van der Waals surface area contributed by atoms with Crippen molar-refractivity contribution in [2.24, 2.45) is 5.92 Å². The van der Waals surface area contributed by atoms with Crippen molar-refractivity contribution in [3.63, 3.8) is 0 Å². The number of rotatable bonds is 4. The largest absolute Gasteiger partial charge is 0.308 e. The monoisotopic (exact) mass is 232 g/mol. The molecule has 0 aliphatic heterocycles. The van der Waals surface area contributed by atoms with Gasteiger partial charge in [0, 0.05) is 18.3 Å². The van der Waals surface area contributed by atoms with Crippen LogP contribution in [0, 0.1) is 12.8 Å². The molecule has 0 radical (unpaired) electrons. The number of pyridine rings is 1. The lowest BCUT2D eigenvalue weighted by atomic mass is 9.84. The van der Waals surface area contributed by atoms with E-state index in [9.17, 15) is 0 Å². The average Bonchev–Trinajstić information content (AvgIpc) is 2.37. The number of aryl methyl sites for hydroxylation is 1. The minimum atomic E-state index is 0.623. The van der Waals surface area contributed by atoms with Crippen molar-refractivity contribution in [1.29, 1.82) is 0 Å². The molecule has 0 aromatic carbocycles. The SMILES string of the molecule is Cc1cccc(CN[C@@H](C)C2CCCCC2)n1. The topological polar surface area (TPSA) is 24.9 Å². The van der Waals surface area contributed by atoms with E-state index < -0.39 is 0 Å². The van der Waals surface area contributed by atoms with Crippen molar-refractivity contribution in [2.45, 2.75) is 58.5 Å². The summed E-state index contributed by atoms with van der Waals surface area (Å²) in [7, 11) is 0. The molecule has 1 fully saturated rings. The van der Waals surface area contributed by atoms with Crippen molar-refractivity contribution in [3.05, 3.63) is 29.6 Å². The van der Waals surface area contributed by atoms with Crippen LogP contribution in [0.1, 0.15) is 50.4 Å². The third-order valence-electron chi connectivity index (χ3n) is 3.91. The summed E-state index contributed by atoms with van der Waals surface area (Å²) in [4.78, 5) is 4.53. The fourth-order valence-electron chi connectivity index (χ4n) is 2.76. The van der Waals surface area contributed by atoms with Gasteiger partial charge in [0.2, 0.25) is 0 Å². The van der Waals surface area contributed by atoms with Crippen LogP contribution in [0.3, 0.4) is 0 Å². The summed E-state index contributed by atoms with van der Waals surface area (Å²) in [6.07, 6.45) is 7.06. The van der Waals surface area contributed by atoms with Crippen LogP contribution in [0.4, 0.5) is 0 Å². The number of hydrogen-bond acceptors (Lipinski definition) is 2. The Labute approximate surface area is 105 Å². The van der Waals surface area contributed by atoms with Crippen molar-refractivity contribution in [3.8, 4) is 0 Å². The summed E-state index contributed by atoms with van der Waals surface area (Å²) in [5.74, 6) is 0.869. The van der Waals surface area contributed by atoms with E-state index in [1.807, 2.05) is 13.0 Å². The van der Waals surface area contributed by atoms with Crippen LogP contribution < -0.4 is 5.32 Å². The smallest absolute Gasteiger partial charge is 0.0544 e.